The number of aromatic nitrogens is 5. The van der Waals surface area contributed by atoms with Crippen LogP contribution in [0.1, 0.15) is 30.5 Å². The molecule has 0 atom stereocenters. The van der Waals surface area contributed by atoms with E-state index < -0.39 is 0 Å². The molecular formula is C24H24N10. The fourth-order valence-corrected chi connectivity index (χ4v) is 3.41. The third-order valence-electron chi connectivity index (χ3n) is 4.97. The van der Waals surface area contributed by atoms with Gasteiger partial charge < -0.3 is 11.2 Å². The van der Waals surface area contributed by atoms with Crippen molar-refractivity contribution < 1.29 is 0 Å². The minimum Gasteiger partial charge on any atom is -0.382 e. The number of anilines is 1. The fourth-order valence-electron chi connectivity index (χ4n) is 3.41. The Balaban J connectivity index is 1.62. The molecule has 4 aromatic rings. The maximum Gasteiger partial charge on any atom is 0.164 e. The number of nitrogens with two attached hydrogens (primary N) is 1. The van der Waals surface area contributed by atoms with E-state index >= 15 is 0 Å². The van der Waals surface area contributed by atoms with E-state index in [1.165, 1.54) is 6.20 Å². The van der Waals surface area contributed by atoms with Crippen LogP contribution in [-0.4, -0.2) is 49.2 Å². The lowest BCUT2D eigenvalue weighted by atomic mass is 10.1. The van der Waals surface area contributed by atoms with Gasteiger partial charge in [-0.3, -0.25) is 9.98 Å². The Hall–Kier alpha value is -4.65. The van der Waals surface area contributed by atoms with Crippen LogP contribution in [0.3, 0.4) is 0 Å². The molecule has 0 saturated heterocycles. The molecule has 0 aromatic carbocycles. The Kier molecular flexibility index (Phi) is 6.84. The summed E-state index contributed by atoms with van der Waals surface area (Å²) in [4.78, 5) is 17.6. The van der Waals surface area contributed by atoms with Gasteiger partial charge in [-0.05, 0) is 38.0 Å². The number of pyridine rings is 3. The summed E-state index contributed by atoms with van der Waals surface area (Å²) in [6.07, 6.45) is 10.9. The van der Waals surface area contributed by atoms with Crippen LogP contribution in [0.2, 0.25) is 0 Å². The van der Waals surface area contributed by atoms with Gasteiger partial charge in [0.15, 0.2) is 11.5 Å². The molecule has 4 rings (SSSR count). The summed E-state index contributed by atoms with van der Waals surface area (Å²) >= 11 is 0. The zero-order valence-corrected chi connectivity index (χ0v) is 18.9. The van der Waals surface area contributed by atoms with Gasteiger partial charge in [0.25, 0.3) is 0 Å². The quantitative estimate of drug-likeness (QED) is 0.238. The topological polar surface area (TPSA) is 143 Å². The van der Waals surface area contributed by atoms with E-state index in [9.17, 15) is 0 Å². The maximum absolute atomic E-state index is 9.11. The summed E-state index contributed by atoms with van der Waals surface area (Å²) in [6.45, 7) is 4.66. The molecule has 4 aromatic heterocycles. The number of aliphatic imine (C=N–C) groups is 1. The van der Waals surface area contributed by atoms with Crippen molar-refractivity contribution in [2.45, 2.75) is 26.3 Å². The normalized spacial score (nSPS) is 11.9. The Morgan fingerprint density at radius 3 is 2.85 bits per heavy atom. The SMILES string of the molecule is CC(C)Nc1cc(-n2ncc3cc(C#N)cnc32)ncc1C(C=NCCc1cccnc1)=NN. The van der Waals surface area contributed by atoms with E-state index in [0.29, 0.717) is 29.3 Å². The van der Waals surface area contributed by atoms with Gasteiger partial charge in [0, 0.05) is 66.3 Å². The molecule has 34 heavy (non-hydrogen) atoms. The van der Waals surface area contributed by atoms with E-state index in [-0.39, 0.29) is 6.04 Å². The Morgan fingerprint density at radius 1 is 1.24 bits per heavy atom. The molecule has 10 heteroatoms. The van der Waals surface area contributed by atoms with E-state index in [1.807, 2.05) is 38.2 Å². The number of nitriles is 1. The maximum atomic E-state index is 9.11. The first-order chi connectivity index (χ1) is 16.6. The summed E-state index contributed by atoms with van der Waals surface area (Å²) < 4.78 is 1.63. The summed E-state index contributed by atoms with van der Waals surface area (Å²) in [6, 6.07) is 9.78. The van der Waals surface area contributed by atoms with Crippen molar-refractivity contribution in [2.75, 3.05) is 11.9 Å². The molecule has 0 bridgehead atoms. The Morgan fingerprint density at radius 2 is 2.12 bits per heavy atom. The van der Waals surface area contributed by atoms with E-state index in [1.54, 1.807) is 35.6 Å². The van der Waals surface area contributed by atoms with Crippen LogP contribution in [-0.2, 0) is 6.42 Å². The lowest BCUT2D eigenvalue weighted by Gasteiger charge is -2.15. The number of hydrogen-bond acceptors (Lipinski definition) is 9. The van der Waals surface area contributed by atoms with Crippen LogP contribution in [0.15, 0.2) is 65.3 Å². The van der Waals surface area contributed by atoms with Crippen LogP contribution >= 0.6 is 0 Å². The third-order valence-corrected chi connectivity index (χ3v) is 4.97. The van der Waals surface area contributed by atoms with Crippen molar-refractivity contribution >= 4 is 28.6 Å². The minimum atomic E-state index is 0.154. The van der Waals surface area contributed by atoms with E-state index in [2.05, 4.69) is 41.5 Å². The first kappa shape index (κ1) is 22.5. The van der Waals surface area contributed by atoms with Crippen LogP contribution < -0.4 is 11.2 Å². The molecule has 0 saturated carbocycles. The largest absolute Gasteiger partial charge is 0.382 e. The molecule has 0 aliphatic heterocycles. The first-order valence-electron chi connectivity index (χ1n) is 10.8. The average Bonchev–Trinajstić information content (AvgIpc) is 3.28. The molecule has 0 spiro atoms. The molecule has 0 aliphatic carbocycles. The Bertz CT molecular complexity index is 1380. The van der Waals surface area contributed by atoms with Crippen molar-refractivity contribution in [1.82, 2.24) is 24.7 Å². The van der Waals surface area contributed by atoms with Crippen molar-refractivity contribution in [3.05, 3.63) is 71.9 Å². The highest BCUT2D eigenvalue weighted by molar-refractivity contribution is 6.39. The predicted molar refractivity (Wildman–Crippen MR) is 132 cm³/mol. The van der Waals surface area contributed by atoms with E-state index in [0.717, 1.165) is 28.6 Å². The smallest absolute Gasteiger partial charge is 0.164 e. The lowest BCUT2D eigenvalue weighted by molar-refractivity contribution is 0.857. The molecular weight excluding hydrogens is 428 g/mol. The van der Waals surface area contributed by atoms with Crippen LogP contribution in [0.5, 0.6) is 0 Å². The Labute approximate surface area is 196 Å². The standard InChI is InChI=1S/C24H24N10/c1-16(2)32-21-9-23(34-24-19(13-31-34)8-18(10-25)12-30-24)29-14-20(21)22(33-26)15-28-7-5-17-4-3-6-27-11-17/h3-4,6,8-9,11-16H,5,7,26H2,1-2H3,(H,29,32). The molecule has 0 fully saturated rings. The summed E-state index contributed by atoms with van der Waals surface area (Å²) in [7, 11) is 0. The molecule has 4 heterocycles. The second kappa shape index (κ2) is 10.3. The third kappa shape index (κ3) is 5.05. The number of nitrogens with one attached hydrogen (secondary N) is 1. The second-order valence-electron chi connectivity index (χ2n) is 7.85. The molecule has 3 N–H and O–H groups in total. The zero-order valence-electron chi connectivity index (χ0n) is 18.9. The van der Waals surface area contributed by atoms with Crippen LogP contribution in [0.25, 0.3) is 16.9 Å². The van der Waals surface area contributed by atoms with Gasteiger partial charge in [0.1, 0.15) is 11.8 Å². The van der Waals surface area contributed by atoms with Crippen LogP contribution in [0.4, 0.5) is 5.69 Å². The summed E-state index contributed by atoms with van der Waals surface area (Å²) in [5, 5.41) is 21.6. The molecule has 170 valence electrons. The van der Waals surface area contributed by atoms with Gasteiger partial charge >= 0.3 is 0 Å². The fraction of sp³-hybridized carbons (Fsp3) is 0.208. The average molecular weight is 453 g/mol. The summed E-state index contributed by atoms with van der Waals surface area (Å²) in [5.74, 6) is 6.28. The van der Waals surface area contributed by atoms with Gasteiger partial charge in [-0.25, -0.2) is 9.97 Å². The number of rotatable bonds is 8. The van der Waals surface area contributed by atoms with Gasteiger partial charge in [-0.1, -0.05) is 6.07 Å². The molecule has 0 amide bonds. The van der Waals surface area contributed by atoms with Gasteiger partial charge in [0.2, 0.25) is 0 Å². The predicted octanol–water partition coefficient (Wildman–Crippen LogP) is 2.88. The minimum absolute atomic E-state index is 0.154. The molecule has 10 nitrogen and oxygen atoms in total. The number of nitrogens with zero attached hydrogens (tertiary/aromatic N) is 8. The van der Waals surface area contributed by atoms with Gasteiger partial charge in [-0.2, -0.15) is 20.1 Å². The highest BCUT2D eigenvalue weighted by atomic mass is 15.3. The van der Waals surface area contributed by atoms with Gasteiger partial charge in [0.05, 0.1) is 11.8 Å². The highest BCUT2D eigenvalue weighted by Crippen LogP contribution is 2.22. The summed E-state index contributed by atoms with van der Waals surface area (Å²) in [5.41, 5.74) is 4.22. The van der Waals surface area contributed by atoms with Crippen LogP contribution in [0, 0.1) is 11.3 Å². The number of hydrogen-bond donors (Lipinski definition) is 2. The van der Waals surface area contributed by atoms with E-state index in [4.69, 9.17) is 11.1 Å². The number of hydrazone groups is 1. The van der Waals surface area contributed by atoms with Crippen molar-refractivity contribution in [3.63, 3.8) is 0 Å². The molecule has 0 radical (unpaired) electrons. The highest BCUT2D eigenvalue weighted by Gasteiger charge is 2.15. The van der Waals surface area contributed by atoms with Crippen molar-refractivity contribution in [2.24, 2.45) is 15.9 Å². The van der Waals surface area contributed by atoms with Crippen molar-refractivity contribution in [1.29, 1.82) is 5.26 Å². The molecule has 0 unspecified atom stereocenters. The van der Waals surface area contributed by atoms with Gasteiger partial charge in [-0.15, -0.1) is 0 Å². The number of fused-ring (bicyclic) bond motifs is 1. The first-order valence-corrected chi connectivity index (χ1v) is 10.8. The zero-order chi connectivity index (χ0) is 23.9. The second-order valence-corrected chi connectivity index (χ2v) is 7.85. The monoisotopic (exact) mass is 452 g/mol. The molecule has 0 aliphatic rings. The lowest BCUT2D eigenvalue weighted by Crippen LogP contribution is -2.17. The van der Waals surface area contributed by atoms with Crippen molar-refractivity contribution in [3.8, 4) is 11.9 Å².